The average Bonchev–Trinajstić information content (AvgIpc) is 2.92. The monoisotopic (exact) mass is 369 g/mol. The lowest BCUT2D eigenvalue weighted by Gasteiger charge is -2.30. The van der Waals surface area contributed by atoms with Crippen molar-refractivity contribution in [3.8, 4) is 11.8 Å². The van der Waals surface area contributed by atoms with E-state index < -0.39 is 30.1 Å². The normalized spacial score (nSPS) is 25.7. The highest BCUT2D eigenvalue weighted by Crippen LogP contribution is 2.38. The van der Waals surface area contributed by atoms with Gasteiger partial charge in [-0.05, 0) is 50.6 Å². The molecule has 1 aromatic carbocycles. The molecule has 3 aliphatic heterocycles. The fourth-order valence-corrected chi connectivity index (χ4v) is 3.82. The molecule has 2 saturated heterocycles. The Kier molecular flexibility index (Phi) is 4.66. The number of nitrogens with one attached hydrogen (secondary N) is 2. The maximum atomic E-state index is 15.0. The zero-order valence-electron chi connectivity index (χ0n) is 14.8. The van der Waals surface area contributed by atoms with Crippen molar-refractivity contribution < 1.29 is 18.8 Å². The van der Waals surface area contributed by atoms with Crippen LogP contribution in [0.3, 0.4) is 0 Å². The molecule has 27 heavy (non-hydrogen) atoms. The van der Waals surface area contributed by atoms with Gasteiger partial charge in [0.1, 0.15) is 6.04 Å². The third kappa shape index (κ3) is 3.33. The van der Waals surface area contributed by atoms with Crippen LogP contribution in [0.1, 0.15) is 53.5 Å². The second-order valence-corrected chi connectivity index (χ2v) is 7.11. The lowest BCUT2D eigenvalue weighted by Crippen LogP contribution is -2.53. The molecule has 2 unspecified atom stereocenters. The van der Waals surface area contributed by atoms with Gasteiger partial charge in [-0.1, -0.05) is 11.8 Å². The maximum absolute atomic E-state index is 15.0. The molecule has 0 saturated carbocycles. The van der Waals surface area contributed by atoms with Crippen LogP contribution in [0.15, 0.2) is 18.2 Å². The summed E-state index contributed by atoms with van der Waals surface area (Å²) in [6.45, 7) is 1.90. The summed E-state index contributed by atoms with van der Waals surface area (Å²) in [5.41, 5.74) is 1.15. The van der Waals surface area contributed by atoms with Crippen LogP contribution in [0.2, 0.25) is 0 Å². The van der Waals surface area contributed by atoms with Gasteiger partial charge in [-0.25, -0.2) is 4.39 Å². The highest BCUT2D eigenvalue weighted by Gasteiger charge is 2.45. The van der Waals surface area contributed by atoms with Gasteiger partial charge in [-0.15, -0.1) is 0 Å². The van der Waals surface area contributed by atoms with Crippen LogP contribution in [0.4, 0.5) is 4.39 Å². The van der Waals surface area contributed by atoms with E-state index >= 15 is 4.39 Å². The standard InChI is InChI=1S/C20H20FN3O3/c21-18-15-11-13(2-1-12-7-9-22-10-8-12)3-4-14(15)20(27)24(18)16-5-6-17(25)23-19(16)26/h3-4,11-12,16,18,22H,5-10H2,(H,23,25,26). The lowest BCUT2D eigenvalue weighted by molar-refractivity contribution is -0.138. The van der Waals surface area contributed by atoms with Crippen molar-refractivity contribution in [2.75, 3.05) is 13.1 Å². The van der Waals surface area contributed by atoms with Crippen LogP contribution in [-0.2, 0) is 9.59 Å². The average molecular weight is 369 g/mol. The number of piperidine rings is 2. The largest absolute Gasteiger partial charge is 0.317 e. The molecule has 4 rings (SSSR count). The maximum Gasteiger partial charge on any atom is 0.257 e. The van der Waals surface area contributed by atoms with Gasteiger partial charge in [-0.2, -0.15) is 0 Å². The predicted octanol–water partition coefficient (Wildman–Crippen LogP) is 1.27. The summed E-state index contributed by atoms with van der Waals surface area (Å²) in [4.78, 5) is 36.9. The quantitative estimate of drug-likeness (QED) is 0.444. The summed E-state index contributed by atoms with van der Waals surface area (Å²) in [5, 5.41) is 5.46. The molecule has 7 heteroatoms. The fraction of sp³-hybridized carbons (Fsp3) is 0.450. The summed E-state index contributed by atoms with van der Waals surface area (Å²) in [7, 11) is 0. The molecule has 1 aromatic rings. The van der Waals surface area contributed by atoms with Crippen LogP contribution in [0.25, 0.3) is 0 Å². The van der Waals surface area contributed by atoms with Crippen molar-refractivity contribution >= 4 is 17.7 Å². The van der Waals surface area contributed by atoms with Crippen molar-refractivity contribution in [2.24, 2.45) is 5.92 Å². The summed E-state index contributed by atoms with van der Waals surface area (Å²) in [5.74, 6) is 5.10. The fourth-order valence-electron chi connectivity index (χ4n) is 3.82. The van der Waals surface area contributed by atoms with Gasteiger partial charge in [0.2, 0.25) is 18.1 Å². The Hall–Kier alpha value is -2.72. The predicted molar refractivity (Wildman–Crippen MR) is 95.1 cm³/mol. The molecule has 6 nitrogen and oxygen atoms in total. The molecule has 2 atom stereocenters. The molecule has 3 amide bonds. The third-order valence-electron chi connectivity index (χ3n) is 5.32. The molecule has 3 aliphatic rings. The number of amides is 3. The van der Waals surface area contributed by atoms with Crippen LogP contribution < -0.4 is 10.6 Å². The molecular weight excluding hydrogens is 349 g/mol. The summed E-state index contributed by atoms with van der Waals surface area (Å²) in [6.07, 6.45) is 0.498. The zero-order chi connectivity index (χ0) is 19.0. The number of halogens is 1. The Morgan fingerprint density at radius 1 is 1.11 bits per heavy atom. The smallest absolute Gasteiger partial charge is 0.257 e. The highest BCUT2D eigenvalue weighted by atomic mass is 19.1. The van der Waals surface area contributed by atoms with Crippen LogP contribution in [-0.4, -0.2) is 41.8 Å². The molecule has 0 aliphatic carbocycles. The van der Waals surface area contributed by atoms with Crippen molar-refractivity contribution in [1.82, 2.24) is 15.5 Å². The van der Waals surface area contributed by atoms with Crippen molar-refractivity contribution in [2.45, 2.75) is 38.0 Å². The summed E-state index contributed by atoms with van der Waals surface area (Å²) >= 11 is 0. The molecule has 0 aromatic heterocycles. The van der Waals surface area contributed by atoms with E-state index in [1.807, 2.05) is 0 Å². The van der Waals surface area contributed by atoms with E-state index in [9.17, 15) is 14.4 Å². The van der Waals surface area contributed by atoms with Crippen molar-refractivity contribution in [1.29, 1.82) is 0 Å². The van der Waals surface area contributed by atoms with E-state index in [0.29, 0.717) is 11.5 Å². The number of carbonyl (C=O) groups excluding carboxylic acids is 3. The minimum atomic E-state index is -1.71. The zero-order valence-corrected chi connectivity index (χ0v) is 14.8. The molecule has 3 heterocycles. The highest BCUT2D eigenvalue weighted by molar-refractivity contribution is 6.05. The van der Waals surface area contributed by atoms with Gasteiger partial charge in [0.25, 0.3) is 5.91 Å². The van der Waals surface area contributed by atoms with Gasteiger partial charge >= 0.3 is 0 Å². The first-order chi connectivity index (χ1) is 13.0. The number of imide groups is 1. The molecule has 140 valence electrons. The number of hydrogen-bond acceptors (Lipinski definition) is 4. The number of hydrogen-bond donors (Lipinski definition) is 2. The Morgan fingerprint density at radius 2 is 1.89 bits per heavy atom. The second kappa shape index (κ2) is 7.12. The van der Waals surface area contributed by atoms with E-state index in [-0.39, 0.29) is 24.0 Å². The lowest BCUT2D eigenvalue weighted by atomic mass is 9.98. The number of benzene rings is 1. The van der Waals surface area contributed by atoms with Gasteiger partial charge in [0, 0.05) is 29.0 Å². The molecule has 2 fully saturated rings. The number of carbonyl (C=O) groups is 3. The Morgan fingerprint density at radius 3 is 2.63 bits per heavy atom. The van der Waals surface area contributed by atoms with Crippen molar-refractivity contribution in [3.63, 3.8) is 0 Å². The first kappa shape index (κ1) is 17.7. The van der Waals surface area contributed by atoms with E-state index in [4.69, 9.17) is 0 Å². The van der Waals surface area contributed by atoms with E-state index in [0.717, 1.165) is 30.8 Å². The first-order valence-electron chi connectivity index (χ1n) is 9.21. The van der Waals surface area contributed by atoms with Gasteiger partial charge in [-0.3, -0.25) is 24.6 Å². The Labute approximate surface area is 156 Å². The minimum Gasteiger partial charge on any atom is -0.317 e. The summed E-state index contributed by atoms with van der Waals surface area (Å²) in [6, 6.07) is 3.91. The van der Waals surface area contributed by atoms with Crippen molar-refractivity contribution in [3.05, 3.63) is 34.9 Å². The van der Waals surface area contributed by atoms with Gasteiger partial charge in [0.15, 0.2) is 0 Å². The molecule has 0 bridgehead atoms. The van der Waals surface area contributed by atoms with E-state index in [1.165, 1.54) is 0 Å². The van der Waals surface area contributed by atoms with Crippen LogP contribution in [0.5, 0.6) is 0 Å². The second-order valence-electron chi connectivity index (χ2n) is 7.11. The topological polar surface area (TPSA) is 78.5 Å². The van der Waals surface area contributed by atoms with Crippen LogP contribution in [0, 0.1) is 17.8 Å². The number of rotatable bonds is 1. The molecular formula is C20H20FN3O3. The van der Waals surface area contributed by atoms with Crippen LogP contribution >= 0.6 is 0 Å². The Bertz CT molecular complexity index is 867. The minimum absolute atomic E-state index is 0.0935. The SMILES string of the molecule is O=C1CCC(N2C(=O)c3ccc(C#CC4CCNCC4)cc3C2F)C(=O)N1. The van der Waals surface area contributed by atoms with E-state index in [1.54, 1.807) is 18.2 Å². The summed E-state index contributed by atoms with van der Waals surface area (Å²) < 4.78 is 15.0. The van der Waals surface area contributed by atoms with E-state index in [2.05, 4.69) is 22.5 Å². The third-order valence-corrected chi connectivity index (χ3v) is 5.32. The Balaban J connectivity index is 1.56. The number of nitrogens with zero attached hydrogens (tertiary/aromatic N) is 1. The number of alkyl halides is 1. The molecule has 2 N–H and O–H groups in total. The molecule has 0 radical (unpaired) electrons. The first-order valence-corrected chi connectivity index (χ1v) is 9.21. The van der Waals surface area contributed by atoms with Gasteiger partial charge in [0.05, 0.1) is 0 Å². The number of fused-ring (bicyclic) bond motifs is 1. The van der Waals surface area contributed by atoms with Gasteiger partial charge < -0.3 is 5.32 Å². The molecule has 0 spiro atoms.